The second-order valence-electron chi connectivity index (χ2n) is 4.58. The number of rotatable bonds is 6. The van der Waals surface area contributed by atoms with E-state index in [0.717, 1.165) is 17.5 Å². The molecule has 1 unspecified atom stereocenters. The molecule has 2 atom stereocenters. The lowest BCUT2D eigenvalue weighted by Crippen LogP contribution is -2.24. The molecule has 0 aliphatic carbocycles. The summed E-state index contributed by atoms with van der Waals surface area (Å²) in [6.45, 7) is 7.81. The Labute approximate surface area is 104 Å². The van der Waals surface area contributed by atoms with Crippen LogP contribution in [0.5, 0.6) is 0 Å². The first-order chi connectivity index (χ1) is 7.63. The molecule has 1 rings (SSSR count). The maximum Gasteiger partial charge on any atom is 0.0406 e. The van der Waals surface area contributed by atoms with Gasteiger partial charge in [-0.05, 0) is 43.5 Å². The van der Waals surface area contributed by atoms with Crippen LogP contribution in [0.25, 0.3) is 0 Å². The van der Waals surface area contributed by atoms with Gasteiger partial charge in [-0.3, -0.25) is 0 Å². The van der Waals surface area contributed by atoms with Crippen molar-refractivity contribution >= 4 is 11.6 Å². The fourth-order valence-electron chi connectivity index (χ4n) is 1.84. The van der Waals surface area contributed by atoms with Crippen molar-refractivity contribution in [3.63, 3.8) is 0 Å². The summed E-state index contributed by atoms with van der Waals surface area (Å²) in [7, 11) is 0. The molecular formula is C14H22ClN. The Morgan fingerprint density at radius 2 is 1.81 bits per heavy atom. The van der Waals surface area contributed by atoms with Crippen LogP contribution in [0.1, 0.15) is 45.2 Å². The minimum Gasteiger partial charge on any atom is -0.310 e. The smallest absolute Gasteiger partial charge is 0.0406 e. The van der Waals surface area contributed by atoms with Gasteiger partial charge >= 0.3 is 0 Å². The van der Waals surface area contributed by atoms with Crippen LogP contribution in [-0.2, 0) is 0 Å². The molecule has 90 valence electrons. The summed E-state index contributed by atoms with van der Waals surface area (Å²) >= 11 is 5.86. The minimum atomic E-state index is 0.400. The lowest BCUT2D eigenvalue weighted by molar-refractivity contribution is 0.444. The molecule has 0 spiro atoms. The molecule has 1 aromatic rings. The summed E-state index contributed by atoms with van der Waals surface area (Å²) in [6, 6.07) is 8.47. The van der Waals surface area contributed by atoms with Crippen molar-refractivity contribution in [2.24, 2.45) is 5.92 Å². The van der Waals surface area contributed by atoms with Gasteiger partial charge < -0.3 is 5.32 Å². The van der Waals surface area contributed by atoms with E-state index in [1.54, 1.807) is 0 Å². The first-order valence-electron chi connectivity index (χ1n) is 6.12. The molecule has 0 radical (unpaired) electrons. The van der Waals surface area contributed by atoms with E-state index in [1.807, 2.05) is 12.1 Å². The van der Waals surface area contributed by atoms with Gasteiger partial charge in [-0.15, -0.1) is 0 Å². The predicted octanol–water partition coefficient (Wildman–Crippen LogP) is 4.43. The van der Waals surface area contributed by atoms with Gasteiger partial charge in [0.05, 0.1) is 0 Å². The van der Waals surface area contributed by atoms with Gasteiger partial charge in [-0.2, -0.15) is 0 Å². The predicted molar refractivity (Wildman–Crippen MR) is 71.9 cm³/mol. The Balaban J connectivity index is 2.40. The third kappa shape index (κ3) is 4.54. The quantitative estimate of drug-likeness (QED) is 0.775. The Kier molecular flexibility index (Phi) is 5.86. The molecular weight excluding hydrogens is 218 g/mol. The summed E-state index contributed by atoms with van der Waals surface area (Å²) in [5, 5.41) is 4.36. The number of hydrogen-bond acceptors (Lipinski definition) is 1. The summed E-state index contributed by atoms with van der Waals surface area (Å²) < 4.78 is 0. The number of hydrogen-bond donors (Lipinski definition) is 1. The SMILES string of the molecule is CCCC(C)CN[C@@H](C)c1ccc(Cl)cc1. The largest absolute Gasteiger partial charge is 0.310 e. The first-order valence-corrected chi connectivity index (χ1v) is 6.50. The van der Waals surface area contributed by atoms with Crippen molar-refractivity contribution in [2.45, 2.75) is 39.7 Å². The molecule has 16 heavy (non-hydrogen) atoms. The van der Waals surface area contributed by atoms with Gasteiger partial charge in [0.1, 0.15) is 0 Å². The molecule has 0 aliphatic rings. The molecule has 0 aromatic heterocycles. The van der Waals surface area contributed by atoms with Crippen LogP contribution < -0.4 is 5.32 Å². The van der Waals surface area contributed by atoms with Crippen molar-refractivity contribution in [1.29, 1.82) is 0 Å². The maximum absolute atomic E-state index is 5.86. The zero-order chi connectivity index (χ0) is 12.0. The highest BCUT2D eigenvalue weighted by molar-refractivity contribution is 6.30. The van der Waals surface area contributed by atoms with E-state index in [1.165, 1.54) is 18.4 Å². The highest BCUT2D eigenvalue weighted by Crippen LogP contribution is 2.16. The van der Waals surface area contributed by atoms with Crippen LogP contribution in [0.3, 0.4) is 0 Å². The van der Waals surface area contributed by atoms with Crippen LogP contribution in [0.2, 0.25) is 5.02 Å². The van der Waals surface area contributed by atoms with Crippen molar-refractivity contribution < 1.29 is 0 Å². The van der Waals surface area contributed by atoms with Crippen molar-refractivity contribution in [1.82, 2.24) is 5.32 Å². The van der Waals surface area contributed by atoms with Crippen molar-refractivity contribution in [2.75, 3.05) is 6.54 Å². The summed E-state index contributed by atoms with van der Waals surface area (Å²) in [6.07, 6.45) is 2.55. The highest BCUT2D eigenvalue weighted by atomic mass is 35.5. The second kappa shape index (κ2) is 6.93. The van der Waals surface area contributed by atoms with Crippen LogP contribution in [0.4, 0.5) is 0 Å². The Hall–Kier alpha value is -0.530. The van der Waals surface area contributed by atoms with Crippen LogP contribution in [-0.4, -0.2) is 6.54 Å². The first kappa shape index (κ1) is 13.5. The third-order valence-electron chi connectivity index (χ3n) is 2.92. The molecule has 0 saturated heterocycles. The van der Waals surface area contributed by atoms with Crippen LogP contribution in [0, 0.1) is 5.92 Å². The lowest BCUT2D eigenvalue weighted by atomic mass is 10.0. The molecule has 0 heterocycles. The van der Waals surface area contributed by atoms with Gasteiger partial charge in [0, 0.05) is 11.1 Å². The molecule has 1 aromatic carbocycles. The van der Waals surface area contributed by atoms with Gasteiger partial charge in [0.25, 0.3) is 0 Å². The summed E-state index contributed by atoms with van der Waals surface area (Å²) in [4.78, 5) is 0. The molecule has 2 heteroatoms. The number of nitrogens with one attached hydrogen (secondary N) is 1. The molecule has 0 saturated carbocycles. The zero-order valence-electron chi connectivity index (χ0n) is 10.5. The van der Waals surface area contributed by atoms with E-state index in [-0.39, 0.29) is 0 Å². The second-order valence-corrected chi connectivity index (χ2v) is 5.01. The Morgan fingerprint density at radius 1 is 1.19 bits per heavy atom. The van der Waals surface area contributed by atoms with Gasteiger partial charge in [0.15, 0.2) is 0 Å². The van der Waals surface area contributed by atoms with Crippen LogP contribution >= 0.6 is 11.6 Å². The Bertz CT molecular complexity index is 294. The van der Waals surface area contributed by atoms with E-state index in [0.29, 0.717) is 6.04 Å². The zero-order valence-corrected chi connectivity index (χ0v) is 11.2. The van der Waals surface area contributed by atoms with Gasteiger partial charge in [-0.25, -0.2) is 0 Å². The van der Waals surface area contributed by atoms with Crippen molar-refractivity contribution in [3.05, 3.63) is 34.9 Å². The molecule has 0 bridgehead atoms. The molecule has 1 N–H and O–H groups in total. The van der Waals surface area contributed by atoms with Gasteiger partial charge in [0.2, 0.25) is 0 Å². The average Bonchev–Trinajstić information content (AvgIpc) is 2.27. The molecule has 0 aliphatic heterocycles. The lowest BCUT2D eigenvalue weighted by Gasteiger charge is -2.17. The maximum atomic E-state index is 5.86. The average molecular weight is 240 g/mol. The standard InChI is InChI=1S/C14H22ClN/c1-4-5-11(2)10-16-12(3)13-6-8-14(15)9-7-13/h6-9,11-12,16H,4-5,10H2,1-3H3/t11?,12-/m0/s1. The fourth-order valence-corrected chi connectivity index (χ4v) is 1.97. The van der Waals surface area contributed by atoms with E-state index in [4.69, 9.17) is 11.6 Å². The number of halogens is 1. The number of benzene rings is 1. The monoisotopic (exact) mass is 239 g/mol. The normalized spacial score (nSPS) is 14.8. The molecule has 1 nitrogen and oxygen atoms in total. The van der Waals surface area contributed by atoms with Gasteiger partial charge in [-0.1, -0.05) is 44.0 Å². The summed E-state index contributed by atoms with van der Waals surface area (Å²) in [5.41, 5.74) is 1.30. The van der Waals surface area contributed by atoms with E-state index in [2.05, 4.69) is 38.2 Å². The molecule has 0 fully saturated rings. The topological polar surface area (TPSA) is 12.0 Å². The Morgan fingerprint density at radius 3 is 2.38 bits per heavy atom. The van der Waals surface area contributed by atoms with Crippen LogP contribution in [0.15, 0.2) is 24.3 Å². The van der Waals surface area contributed by atoms with E-state index < -0.39 is 0 Å². The minimum absolute atomic E-state index is 0.400. The highest BCUT2D eigenvalue weighted by Gasteiger charge is 2.06. The van der Waals surface area contributed by atoms with E-state index in [9.17, 15) is 0 Å². The molecule has 0 amide bonds. The van der Waals surface area contributed by atoms with Crippen molar-refractivity contribution in [3.8, 4) is 0 Å². The third-order valence-corrected chi connectivity index (χ3v) is 3.18. The fraction of sp³-hybridized carbons (Fsp3) is 0.571. The van der Waals surface area contributed by atoms with E-state index >= 15 is 0 Å². The summed E-state index contributed by atoms with van der Waals surface area (Å²) in [5.74, 6) is 0.750.